The van der Waals surface area contributed by atoms with Crippen molar-refractivity contribution in [2.75, 3.05) is 6.54 Å². The Morgan fingerprint density at radius 2 is 2.21 bits per heavy atom. The summed E-state index contributed by atoms with van der Waals surface area (Å²) in [5.74, 6) is 1.03. The molecule has 0 amide bonds. The van der Waals surface area contributed by atoms with Crippen molar-refractivity contribution < 1.29 is 4.42 Å². The first-order valence-electron chi connectivity index (χ1n) is 5.52. The van der Waals surface area contributed by atoms with Crippen molar-refractivity contribution in [3.05, 3.63) is 24.2 Å². The average Bonchev–Trinajstić information content (AvgIpc) is 2.77. The van der Waals surface area contributed by atoms with Gasteiger partial charge >= 0.3 is 0 Å². The largest absolute Gasteiger partial charge is 0.468 e. The van der Waals surface area contributed by atoms with E-state index in [4.69, 9.17) is 4.42 Å². The molecule has 1 saturated carbocycles. The maximum Gasteiger partial charge on any atom is 0.117 e. The summed E-state index contributed by atoms with van der Waals surface area (Å²) in [5.41, 5.74) is 0.534. The third-order valence-electron chi connectivity index (χ3n) is 3.24. The Labute approximate surface area is 85.7 Å². The van der Waals surface area contributed by atoms with Gasteiger partial charge in [0, 0.05) is 6.54 Å². The molecule has 1 aliphatic rings. The summed E-state index contributed by atoms with van der Waals surface area (Å²) in [6.45, 7) is 4.37. The maximum absolute atomic E-state index is 5.27. The molecule has 0 saturated heterocycles. The van der Waals surface area contributed by atoms with E-state index in [0.717, 1.165) is 18.8 Å². The molecule has 14 heavy (non-hydrogen) atoms. The molecular formula is C12H19NO. The number of hydrogen-bond donors (Lipinski definition) is 1. The fraction of sp³-hybridized carbons (Fsp3) is 0.667. The molecule has 1 aliphatic carbocycles. The highest BCUT2D eigenvalue weighted by atomic mass is 16.3. The van der Waals surface area contributed by atoms with Crippen LogP contribution in [0, 0.1) is 5.41 Å². The van der Waals surface area contributed by atoms with Crippen LogP contribution < -0.4 is 5.32 Å². The van der Waals surface area contributed by atoms with Crippen LogP contribution >= 0.6 is 0 Å². The zero-order valence-electron chi connectivity index (χ0n) is 8.88. The summed E-state index contributed by atoms with van der Waals surface area (Å²) in [7, 11) is 0. The van der Waals surface area contributed by atoms with Crippen LogP contribution in [-0.4, -0.2) is 6.54 Å². The second-order valence-electron chi connectivity index (χ2n) is 4.70. The Morgan fingerprint density at radius 1 is 1.43 bits per heavy atom. The molecule has 1 fully saturated rings. The summed E-state index contributed by atoms with van der Waals surface area (Å²) < 4.78 is 5.27. The molecule has 1 aromatic heterocycles. The molecular weight excluding hydrogens is 174 g/mol. The Balaban J connectivity index is 1.72. The third kappa shape index (κ3) is 2.38. The van der Waals surface area contributed by atoms with Crippen LogP contribution in [0.2, 0.25) is 0 Å². The minimum atomic E-state index is 0.534. The number of rotatable bonds is 4. The molecule has 2 heteroatoms. The summed E-state index contributed by atoms with van der Waals surface area (Å²) in [6, 6.07) is 3.96. The predicted molar refractivity (Wildman–Crippen MR) is 57.0 cm³/mol. The van der Waals surface area contributed by atoms with Crippen molar-refractivity contribution >= 4 is 0 Å². The molecule has 0 spiro atoms. The van der Waals surface area contributed by atoms with Gasteiger partial charge in [0.05, 0.1) is 12.8 Å². The molecule has 78 valence electrons. The highest BCUT2D eigenvalue weighted by molar-refractivity contribution is 4.97. The van der Waals surface area contributed by atoms with Gasteiger partial charge in [-0.15, -0.1) is 0 Å². The minimum Gasteiger partial charge on any atom is -0.468 e. The fourth-order valence-corrected chi connectivity index (χ4v) is 2.31. The van der Waals surface area contributed by atoms with Gasteiger partial charge in [-0.2, -0.15) is 0 Å². The topological polar surface area (TPSA) is 25.2 Å². The quantitative estimate of drug-likeness (QED) is 0.795. The lowest BCUT2D eigenvalue weighted by molar-refractivity contribution is 0.309. The van der Waals surface area contributed by atoms with E-state index in [1.807, 2.05) is 12.1 Å². The maximum atomic E-state index is 5.27. The molecule has 0 atom stereocenters. The Morgan fingerprint density at radius 3 is 2.86 bits per heavy atom. The summed E-state index contributed by atoms with van der Waals surface area (Å²) in [6.07, 6.45) is 7.28. The van der Waals surface area contributed by atoms with E-state index in [1.54, 1.807) is 6.26 Å². The van der Waals surface area contributed by atoms with Crippen LogP contribution in [-0.2, 0) is 6.54 Å². The van der Waals surface area contributed by atoms with E-state index in [2.05, 4.69) is 12.2 Å². The highest BCUT2D eigenvalue weighted by Gasteiger charge is 2.27. The van der Waals surface area contributed by atoms with Gasteiger partial charge in [0.1, 0.15) is 5.76 Å². The monoisotopic (exact) mass is 193 g/mol. The second kappa shape index (κ2) is 4.18. The third-order valence-corrected chi connectivity index (χ3v) is 3.24. The lowest BCUT2D eigenvalue weighted by atomic mass is 9.89. The van der Waals surface area contributed by atoms with Gasteiger partial charge in [-0.3, -0.25) is 0 Å². The van der Waals surface area contributed by atoms with Crippen LogP contribution in [0.3, 0.4) is 0 Å². The second-order valence-corrected chi connectivity index (χ2v) is 4.70. The molecule has 0 unspecified atom stereocenters. The van der Waals surface area contributed by atoms with Crippen molar-refractivity contribution in [2.24, 2.45) is 5.41 Å². The Kier molecular flexibility index (Phi) is 2.92. The first-order valence-corrected chi connectivity index (χ1v) is 5.52. The molecule has 0 aliphatic heterocycles. The first kappa shape index (κ1) is 9.78. The van der Waals surface area contributed by atoms with Crippen LogP contribution in [0.25, 0.3) is 0 Å². The van der Waals surface area contributed by atoms with Crippen LogP contribution in [0.5, 0.6) is 0 Å². The Bertz CT molecular complexity index is 260. The van der Waals surface area contributed by atoms with Gasteiger partial charge in [0.25, 0.3) is 0 Å². The Hall–Kier alpha value is -0.760. The molecule has 1 aromatic rings. The average molecular weight is 193 g/mol. The standard InChI is InChI=1S/C12H19NO/c1-12(6-2-3-7-12)10-13-9-11-5-4-8-14-11/h4-5,8,13H,2-3,6-7,9-10H2,1H3. The van der Waals surface area contributed by atoms with Crippen molar-refractivity contribution in [1.29, 1.82) is 0 Å². The molecule has 2 rings (SSSR count). The van der Waals surface area contributed by atoms with Crippen LogP contribution in [0.4, 0.5) is 0 Å². The van der Waals surface area contributed by atoms with Crippen LogP contribution in [0.15, 0.2) is 22.8 Å². The van der Waals surface area contributed by atoms with Crippen molar-refractivity contribution in [3.8, 4) is 0 Å². The molecule has 1 heterocycles. The smallest absolute Gasteiger partial charge is 0.117 e. The molecule has 2 nitrogen and oxygen atoms in total. The van der Waals surface area contributed by atoms with Crippen molar-refractivity contribution in [1.82, 2.24) is 5.32 Å². The first-order chi connectivity index (χ1) is 6.79. The van der Waals surface area contributed by atoms with E-state index >= 15 is 0 Å². The fourth-order valence-electron chi connectivity index (χ4n) is 2.31. The lowest BCUT2D eigenvalue weighted by Crippen LogP contribution is -2.28. The van der Waals surface area contributed by atoms with Crippen LogP contribution in [0.1, 0.15) is 38.4 Å². The predicted octanol–water partition coefficient (Wildman–Crippen LogP) is 2.95. The van der Waals surface area contributed by atoms with Gasteiger partial charge in [-0.25, -0.2) is 0 Å². The van der Waals surface area contributed by atoms with Gasteiger partial charge in [-0.1, -0.05) is 19.8 Å². The minimum absolute atomic E-state index is 0.534. The number of hydrogen-bond acceptors (Lipinski definition) is 2. The van der Waals surface area contributed by atoms with E-state index in [9.17, 15) is 0 Å². The van der Waals surface area contributed by atoms with E-state index < -0.39 is 0 Å². The molecule has 0 aromatic carbocycles. The zero-order valence-corrected chi connectivity index (χ0v) is 8.88. The van der Waals surface area contributed by atoms with E-state index in [-0.39, 0.29) is 0 Å². The van der Waals surface area contributed by atoms with Gasteiger partial charge < -0.3 is 9.73 Å². The highest BCUT2D eigenvalue weighted by Crippen LogP contribution is 2.36. The molecule has 0 bridgehead atoms. The van der Waals surface area contributed by atoms with Crippen molar-refractivity contribution in [2.45, 2.75) is 39.2 Å². The summed E-state index contributed by atoms with van der Waals surface area (Å²) >= 11 is 0. The normalized spacial score (nSPS) is 20.1. The van der Waals surface area contributed by atoms with Gasteiger partial charge in [-0.05, 0) is 30.4 Å². The number of nitrogens with one attached hydrogen (secondary N) is 1. The molecule has 0 radical (unpaired) electrons. The zero-order chi connectivity index (χ0) is 9.86. The van der Waals surface area contributed by atoms with Gasteiger partial charge in [0.2, 0.25) is 0 Å². The SMILES string of the molecule is CC1(CNCc2ccco2)CCCC1. The van der Waals surface area contributed by atoms with Gasteiger partial charge in [0.15, 0.2) is 0 Å². The summed E-state index contributed by atoms with van der Waals surface area (Å²) in [4.78, 5) is 0. The molecule has 1 N–H and O–H groups in total. The lowest BCUT2D eigenvalue weighted by Gasteiger charge is -2.23. The van der Waals surface area contributed by atoms with Crippen molar-refractivity contribution in [3.63, 3.8) is 0 Å². The van der Waals surface area contributed by atoms with E-state index in [0.29, 0.717) is 5.41 Å². The number of furan rings is 1. The summed E-state index contributed by atoms with van der Waals surface area (Å²) in [5, 5.41) is 3.48. The van der Waals surface area contributed by atoms with E-state index in [1.165, 1.54) is 25.7 Å².